The normalized spacial score (nSPS) is 13.2. The molecule has 0 rings (SSSR count). The number of hydrogen-bond acceptors (Lipinski definition) is 6. The van der Waals surface area contributed by atoms with Crippen molar-refractivity contribution in [1.82, 2.24) is 0 Å². The highest BCUT2D eigenvalue weighted by Gasteiger charge is 2.19. The lowest BCUT2D eigenvalue weighted by molar-refractivity contribution is -0.167. The van der Waals surface area contributed by atoms with Crippen LogP contribution in [0.5, 0.6) is 0 Å². The SMILES string of the molecule is CC/C=C\C/C=C\C/C=C\C/C=C\C/C=C\C/C=C\C/C=C\C/C=C\C/C=C\CCCCCCCCCC(=O)OCC(COC(=O)CCCCCCCCCCCC)OC(=O)CCCC/C=C\C/C=C\C/C=C\C/C=C\CC. The zero-order valence-corrected chi connectivity index (χ0v) is 50.1. The van der Waals surface area contributed by atoms with Crippen LogP contribution in [0.15, 0.2) is 158 Å². The van der Waals surface area contributed by atoms with Gasteiger partial charge in [-0.2, -0.15) is 0 Å². The van der Waals surface area contributed by atoms with Gasteiger partial charge in [0.15, 0.2) is 6.10 Å². The molecule has 0 aromatic heterocycles. The summed E-state index contributed by atoms with van der Waals surface area (Å²) in [4.78, 5) is 38.1. The van der Waals surface area contributed by atoms with E-state index in [9.17, 15) is 14.4 Å². The van der Waals surface area contributed by atoms with E-state index < -0.39 is 6.10 Å². The van der Waals surface area contributed by atoms with Crippen molar-refractivity contribution in [3.05, 3.63) is 158 Å². The van der Waals surface area contributed by atoms with E-state index in [1.165, 1.54) is 70.6 Å². The van der Waals surface area contributed by atoms with E-state index >= 15 is 0 Å². The molecule has 78 heavy (non-hydrogen) atoms. The summed E-state index contributed by atoms with van der Waals surface area (Å²) in [7, 11) is 0. The molecule has 0 spiro atoms. The molecule has 1 atom stereocenters. The van der Waals surface area contributed by atoms with Crippen LogP contribution in [-0.2, 0) is 28.6 Å². The first-order valence-corrected chi connectivity index (χ1v) is 31.5. The molecule has 6 heteroatoms. The summed E-state index contributed by atoms with van der Waals surface area (Å²) in [5.41, 5.74) is 0. The van der Waals surface area contributed by atoms with Gasteiger partial charge in [-0.1, -0.05) is 269 Å². The molecule has 1 unspecified atom stereocenters. The van der Waals surface area contributed by atoms with Gasteiger partial charge in [-0.3, -0.25) is 14.4 Å². The average molecular weight is 1080 g/mol. The Morgan fingerprint density at radius 2 is 0.500 bits per heavy atom. The third kappa shape index (κ3) is 61.9. The van der Waals surface area contributed by atoms with Crippen molar-refractivity contribution in [2.24, 2.45) is 0 Å². The van der Waals surface area contributed by atoms with Gasteiger partial charge in [-0.25, -0.2) is 0 Å². The van der Waals surface area contributed by atoms with Gasteiger partial charge >= 0.3 is 17.9 Å². The first kappa shape index (κ1) is 73.0. The molecule has 0 amide bonds. The number of unbranched alkanes of at least 4 members (excludes halogenated alkanes) is 18. The lowest BCUT2D eigenvalue weighted by Crippen LogP contribution is -2.30. The van der Waals surface area contributed by atoms with E-state index in [4.69, 9.17) is 14.2 Å². The van der Waals surface area contributed by atoms with Crippen molar-refractivity contribution in [3.8, 4) is 0 Å². The standard InChI is InChI=1S/C72H114O6/c1-4-7-10-13-16-19-22-24-26-27-28-29-30-31-32-33-34-35-36-37-38-39-40-41-42-43-44-45-47-48-50-53-56-59-62-65-71(74)77-68-69(67-76-70(73)64-61-58-55-52-21-18-15-12-9-6-3)78-72(75)66-63-60-57-54-51-49-46-25-23-20-17-14-11-8-5-2/h7-8,10-11,16-17,19-20,24-26,28-29,31-32,34-35,37-38,40-41,43-44,46,51,54,69H,4-6,9,12-15,18,21-23,27,30,33,36,39,42,45,47-50,52-53,55-68H2,1-3H3/b10-7-,11-8-,19-16-,20-17-,26-24-,29-28-,32-31-,35-34-,38-37-,41-40-,44-43-,46-25-,54-51-. The molecule has 0 aliphatic rings. The molecule has 0 bridgehead atoms. The Kier molecular flexibility index (Phi) is 60.4. The molecule has 0 aliphatic heterocycles. The van der Waals surface area contributed by atoms with Gasteiger partial charge in [-0.05, 0) is 128 Å². The van der Waals surface area contributed by atoms with E-state index in [0.717, 1.165) is 141 Å². The summed E-state index contributed by atoms with van der Waals surface area (Å²) in [5, 5.41) is 0. The summed E-state index contributed by atoms with van der Waals surface area (Å²) in [6.07, 6.45) is 94.0. The molecule has 0 fully saturated rings. The maximum Gasteiger partial charge on any atom is 0.306 e. The van der Waals surface area contributed by atoms with Crippen LogP contribution in [0.25, 0.3) is 0 Å². The summed E-state index contributed by atoms with van der Waals surface area (Å²) in [6, 6.07) is 0. The molecule has 0 aromatic rings. The number of ether oxygens (including phenoxy) is 3. The Bertz CT molecular complexity index is 1760. The van der Waals surface area contributed by atoms with Crippen LogP contribution >= 0.6 is 0 Å². The summed E-state index contributed by atoms with van der Waals surface area (Å²) >= 11 is 0. The van der Waals surface area contributed by atoms with Crippen molar-refractivity contribution in [2.45, 2.75) is 264 Å². The Balaban J connectivity index is 4.26. The summed E-state index contributed by atoms with van der Waals surface area (Å²) in [5.74, 6) is -0.962. The molecule has 0 N–H and O–H groups in total. The minimum absolute atomic E-state index is 0.102. The van der Waals surface area contributed by atoms with Gasteiger partial charge < -0.3 is 14.2 Å². The van der Waals surface area contributed by atoms with Gasteiger partial charge in [0.25, 0.3) is 0 Å². The van der Waals surface area contributed by atoms with Crippen LogP contribution in [-0.4, -0.2) is 37.2 Å². The van der Waals surface area contributed by atoms with Gasteiger partial charge in [0.05, 0.1) is 0 Å². The van der Waals surface area contributed by atoms with E-state index in [1.807, 2.05) is 0 Å². The van der Waals surface area contributed by atoms with Crippen LogP contribution in [0.2, 0.25) is 0 Å². The third-order valence-electron chi connectivity index (χ3n) is 12.8. The maximum absolute atomic E-state index is 12.8. The highest BCUT2D eigenvalue weighted by Crippen LogP contribution is 2.14. The molecule has 0 saturated heterocycles. The molecule has 0 aromatic carbocycles. The quantitative estimate of drug-likeness (QED) is 0.0261. The predicted octanol–water partition coefficient (Wildman–Crippen LogP) is 21.7. The van der Waals surface area contributed by atoms with Crippen LogP contribution in [0.1, 0.15) is 258 Å². The Morgan fingerprint density at radius 1 is 0.269 bits per heavy atom. The lowest BCUT2D eigenvalue weighted by atomic mass is 10.1. The topological polar surface area (TPSA) is 78.9 Å². The third-order valence-corrected chi connectivity index (χ3v) is 12.8. The van der Waals surface area contributed by atoms with E-state index in [1.54, 1.807) is 0 Å². The van der Waals surface area contributed by atoms with Crippen LogP contribution in [0.3, 0.4) is 0 Å². The monoisotopic (exact) mass is 1070 g/mol. The van der Waals surface area contributed by atoms with Crippen molar-refractivity contribution < 1.29 is 28.6 Å². The summed E-state index contributed by atoms with van der Waals surface area (Å²) < 4.78 is 16.8. The van der Waals surface area contributed by atoms with Crippen molar-refractivity contribution in [2.75, 3.05) is 13.2 Å². The van der Waals surface area contributed by atoms with Gasteiger partial charge in [0, 0.05) is 19.3 Å². The molecule has 0 aliphatic carbocycles. The van der Waals surface area contributed by atoms with Gasteiger partial charge in [-0.15, -0.1) is 0 Å². The highest BCUT2D eigenvalue weighted by atomic mass is 16.6. The number of esters is 3. The number of carbonyl (C=O) groups is 3. The smallest absolute Gasteiger partial charge is 0.306 e. The second kappa shape index (κ2) is 64.6. The minimum Gasteiger partial charge on any atom is -0.462 e. The number of hydrogen-bond donors (Lipinski definition) is 0. The molecule has 0 radical (unpaired) electrons. The highest BCUT2D eigenvalue weighted by molar-refractivity contribution is 5.71. The van der Waals surface area contributed by atoms with Crippen molar-refractivity contribution in [3.63, 3.8) is 0 Å². The maximum atomic E-state index is 12.8. The van der Waals surface area contributed by atoms with E-state index in [0.29, 0.717) is 19.3 Å². The molecule has 0 saturated carbocycles. The minimum atomic E-state index is -0.809. The average Bonchev–Trinajstić information content (AvgIpc) is 3.44. The van der Waals surface area contributed by atoms with Crippen molar-refractivity contribution in [1.29, 1.82) is 0 Å². The number of rotatable bonds is 55. The molecular formula is C72H114O6. The van der Waals surface area contributed by atoms with Crippen LogP contribution < -0.4 is 0 Å². The number of carbonyl (C=O) groups excluding carboxylic acids is 3. The first-order chi connectivity index (χ1) is 38.5. The lowest BCUT2D eigenvalue weighted by Gasteiger charge is -2.18. The zero-order valence-electron chi connectivity index (χ0n) is 50.1. The zero-order chi connectivity index (χ0) is 56.4. The summed E-state index contributed by atoms with van der Waals surface area (Å²) in [6.45, 7) is 6.34. The molecule has 6 nitrogen and oxygen atoms in total. The Morgan fingerprint density at radius 3 is 0.808 bits per heavy atom. The second-order valence-electron chi connectivity index (χ2n) is 20.2. The first-order valence-electron chi connectivity index (χ1n) is 31.5. The number of allylic oxidation sites excluding steroid dienone is 26. The fraction of sp³-hybridized carbons (Fsp3) is 0.597. The van der Waals surface area contributed by atoms with Crippen molar-refractivity contribution >= 4 is 17.9 Å². The second-order valence-corrected chi connectivity index (χ2v) is 20.2. The largest absolute Gasteiger partial charge is 0.462 e. The molecular weight excluding hydrogens is 961 g/mol. The Hall–Kier alpha value is -4.97. The van der Waals surface area contributed by atoms with E-state index in [-0.39, 0.29) is 37.5 Å². The predicted molar refractivity (Wildman–Crippen MR) is 338 cm³/mol. The Labute approximate surface area is 480 Å². The van der Waals surface area contributed by atoms with Gasteiger partial charge in [0.2, 0.25) is 0 Å². The van der Waals surface area contributed by atoms with Gasteiger partial charge in [0.1, 0.15) is 13.2 Å². The van der Waals surface area contributed by atoms with E-state index in [2.05, 4.69) is 179 Å². The van der Waals surface area contributed by atoms with Crippen LogP contribution in [0.4, 0.5) is 0 Å². The van der Waals surface area contributed by atoms with Crippen LogP contribution in [0, 0.1) is 0 Å². The molecule has 438 valence electrons. The fourth-order valence-electron chi connectivity index (χ4n) is 8.13. The fourth-order valence-corrected chi connectivity index (χ4v) is 8.13. The molecule has 0 heterocycles.